The van der Waals surface area contributed by atoms with Gasteiger partial charge >= 0.3 is 17.9 Å². The number of hydrogen-bond donors (Lipinski definition) is 0. The second-order valence-electron chi connectivity index (χ2n) is 15.2. The van der Waals surface area contributed by atoms with Crippen molar-refractivity contribution in [2.45, 2.75) is 187 Å². The van der Waals surface area contributed by atoms with Crippen LogP contribution in [0.25, 0.3) is 0 Å². The second kappa shape index (κ2) is 49.2. The SMILES string of the molecule is CC/C=C\C/C=C\C/C=C\C/C=C\C/C=C\CCCCCC(=O)OCC(COC(=O)CCC/C=C\CCCCCC)OC(=O)CC/C=C\C/C=C\C/C=C\C/C=C\C/C=C\CC. The third-order valence-corrected chi connectivity index (χ3v) is 9.38. The first-order valence-corrected chi connectivity index (χ1v) is 24.2. The lowest BCUT2D eigenvalue weighted by Gasteiger charge is -2.18. The van der Waals surface area contributed by atoms with Gasteiger partial charge in [-0.1, -0.05) is 180 Å². The van der Waals surface area contributed by atoms with E-state index in [1.54, 1.807) is 0 Å². The lowest BCUT2D eigenvalue weighted by Crippen LogP contribution is -2.30. The maximum atomic E-state index is 12.7. The van der Waals surface area contributed by atoms with Gasteiger partial charge in [-0.2, -0.15) is 0 Å². The maximum Gasteiger partial charge on any atom is 0.306 e. The van der Waals surface area contributed by atoms with Crippen molar-refractivity contribution in [3.8, 4) is 0 Å². The molecule has 62 heavy (non-hydrogen) atoms. The summed E-state index contributed by atoms with van der Waals surface area (Å²) in [5.41, 5.74) is 0. The molecule has 0 fully saturated rings. The lowest BCUT2D eigenvalue weighted by molar-refractivity contribution is -0.166. The summed E-state index contributed by atoms with van der Waals surface area (Å²) < 4.78 is 16.6. The van der Waals surface area contributed by atoms with Gasteiger partial charge in [-0.05, 0) is 116 Å². The van der Waals surface area contributed by atoms with Crippen LogP contribution in [0.15, 0.2) is 134 Å². The molecule has 0 N–H and O–H groups in total. The number of allylic oxidation sites excluding steroid dienone is 22. The molecule has 0 aliphatic heterocycles. The molecule has 1 atom stereocenters. The molecule has 346 valence electrons. The Morgan fingerprint density at radius 3 is 1.10 bits per heavy atom. The van der Waals surface area contributed by atoms with E-state index in [-0.39, 0.29) is 38.0 Å². The van der Waals surface area contributed by atoms with E-state index in [1.807, 2.05) is 12.2 Å². The smallest absolute Gasteiger partial charge is 0.306 e. The molecule has 0 aromatic rings. The molecule has 0 aliphatic rings. The van der Waals surface area contributed by atoms with Gasteiger partial charge in [-0.3, -0.25) is 14.4 Å². The average Bonchev–Trinajstić information content (AvgIpc) is 3.27. The van der Waals surface area contributed by atoms with Crippen LogP contribution in [0.1, 0.15) is 181 Å². The van der Waals surface area contributed by atoms with Crippen molar-refractivity contribution in [3.63, 3.8) is 0 Å². The van der Waals surface area contributed by atoms with Crippen molar-refractivity contribution in [2.75, 3.05) is 13.2 Å². The minimum absolute atomic E-state index is 0.139. The summed E-state index contributed by atoms with van der Waals surface area (Å²) in [5, 5.41) is 0. The van der Waals surface area contributed by atoms with E-state index in [0.29, 0.717) is 19.3 Å². The summed E-state index contributed by atoms with van der Waals surface area (Å²) in [6.45, 7) is 6.22. The molecule has 6 nitrogen and oxygen atoms in total. The molecular formula is C56H86O6. The molecule has 0 aromatic heterocycles. The predicted octanol–water partition coefficient (Wildman–Crippen LogP) is 15.9. The molecule has 0 rings (SSSR count). The first-order chi connectivity index (χ1) is 30.5. The molecule has 0 saturated carbocycles. The number of hydrogen-bond acceptors (Lipinski definition) is 6. The van der Waals surface area contributed by atoms with Crippen LogP contribution in [-0.4, -0.2) is 37.2 Å². The van der Waals surface area contributed by atoms with Crippen molar-refractivity contribution in [1.29, 1.82) is 0 Å². The van der Waals surface area contributed by atoms with Gasteiger partial charge in [0, 0.05) is 19.3 Å². The van der Waals surface area contributed by atoms with Gasteiger partial charge in [0.05, 0.1) is 0 Å². The van der Waals surface area contributed by atoms with Gasteiger partial charge in [0.2, 0.25) is 0 Å². The van der Waals surface area contributed by atoms with Crippen molar-refractivity contribution in [1.82, 2.24) is 0 Å². The first kappa shape index (κ1) is 57.5. The van der Waals surface area contributed by atoms with E-state index in [1.165, 1.54) is 25.7 Å². The van der Waals surface area contributed by atoms with Crippen LogP contribution in [0.3, 0.4) is 0 Å². The summed E-state index contributed by atoms with van der Waals surface area (Å²) in [4.78, 5) is 37.8. The Bertz CT molecular complexity index is 1400. The summed E-state index contributed by atoms with van der Waals surface area (Å²) in [5.74, 6) is -1.10. The zero-order chi connectivity index (χ0) is 45.1. The largest absolute Gasteiger partial charge is 0.462 e. The van der Waals surface area contributed by atoms with E-state index in [2.05, 4.69) is 142 Å². The Balaban J connectivity index is 4.56. The molecule has 0 aliphatic carbocycles. The number of carbonyl (C=O) groups excluding carboxylic acids is 3. The minimum Gasteiger partial charge on any atom is -0.462 e. The minimum atomic E-state index is -0.845. The third kappa shape index (κ3) is 46.6. The maximum absolute atomic E-state index is 12.7. The van der Waals surface area contributed by atoms with E-state index >= 15 is 0 Å². The van der Waals surface area contributed by atoms with Crippen molar-refractivity contribution >= 4 is 17.9 Å². The Kier molecular flexibility index (Phi) is 45.7. The van der Waals surface area contributed by atoms with E-state index in [9.17, 15) is 14.4 Å². The lowest BCUT2D eigenvalue weighted by atomic mass is 10.1. The van der Waals surface area contributed by atoms with Crippen LogP contribution in [0.4, 0.5) is 0 Å². The van der Waals surface area contributed by atoms with Crippen LogP contribution in [0.5, 0.6) is 0 Å². The average molecular weight is 855 g/mol. The number of rotatable bonds is 41. The summed E-state index contributed by atoms with van der Waals surface area (Å²) in [6.07, 6.45) is 68.9. The third-order valence-electron chi connectivity index (χ3n) is 9.38. The molecule has 1 unspecified atom stereocenters. The Hall–Kier alpha value is -4.45. The van der Waals surface area contributed by atoms with Gasteiger partial charge in [-0.25, -0.2) is 0 Å². The van der Waals surface area contributed by atoms with E-state index < -0.39 is 12.1 Å². The zero-order valence-electron chi connectivity index (χ0n) is 39.3. The summed E-state index contributed by atoms with van der Waals surface area (Å²) in [7, 11) is 0. The number of ether oxygens (including phenoxy) is 3. The fourth-order valence-electron chi connectivity index (χ4n) is 5.81. The Morgan fingerprint density at radius 1 is 0.339 bits per heavy atom. The van der Waals surface area contributed by atoms with Crippen LogP contribution in [-0.2, 0) is 28.6 Å². The number of carbonyl (C=O) groups is 3. The topological polar surface area (TPSA) is 78.9 Å². The standard InChI is InChI=1S/C56H86O6/c1-4-7-10-13-16-19-21-23-25-27-28-29-31-32-34-37-40-43-46-49-55(58)61-52-53(51-60-54(57)48-45-42-39-36-18-15-12-9-6-3)62-56(59)50-47-44-41-38-35-33-30-26-24-22-20-17-14-11-8-5-2/h7-8,10-11,16-17,19-20,23-26,28-29,32-36,39,41,44,53H,4-6,9,12-15,18,21-22,27,30-31,37-38,40,42-43,45-52H2,1-3H3/b10-7-,11-8-,19-16-,20-17-,25-23-,26-24-,29-28-,34-32-,35-33-,39-36-,44-41-. The predicted molar refractivity (Wildman–Crippen MR) is 265 cm³/mol. The fraction of sp³-hybridized carbons (Fsp3) is 0.554. The van der Waals surface area contributed by atoms with Gasteiger partial charge in [0.25, 0.3) is 0 Å². The molecule has 6 heteroatoms. The molecule has 0 heterocycles. The van der Waals surface area contributed by atoms with Crippen LogP contribution < -0.4 is 0 Å². The van der Waals surface area contributed by atoms with Crippen LogP contribution in [0, 0.1) is 0 Å². The molecule has 0 spiro atoms. The number of esters is 3. The van der Waals surface area contributed by atoms with Crippen molar-refractivity contribution < 1.29 is 28.6 Å². The van der Waals surface area contributed by atoms with Crippen LogP contribution >= 0.6 is 0 Å². The van der Waals surface area contributed by atoms with Gasteiger partial charge in [-0.15, -0.1) is 0 Å². The highest BCUT2D eigenvalue weighted by Gasteiger charge is 2.19. The Morgan fingerprint density at radius 2 is 0.677 bits per heavy atom. The fourth-order valence-corrected chi connectivity index (χ4v) is 5.81. The molecule has 0 aromatic carbocycles. The van der Waals surface area contributed by atoms with Crippen LogP contribution in [0.2, 0.25) is 0 Å². The highest BCUT2D eigenvalue weighted by molar-refractivity contribution is 5.71. The molecule has 0 saturated heterocycles. The van der Waals surface area contributed by atoms with Crippen molar-refractivity contribution in [3.05, 3.63) is 134 Å². The second-order valence-corrected chi connectivity index (χ2v) is 15.2. The molecule has 0 bridgehead atoms. The number of unbranched alkanes of at least 4 members (excludes halogenated alkanes) is 8. The highest BCUT2D eigenvalue weighted by Crippen LogP contribution is 2.09. The normalized spacial score (nSPS) is 13.3. The quantitative estimate of drug-likeness (QED) is 0.0264. The van der Waals surface area contributed by atoms with E-state index in [4.69, 9.17) is 14.2 Å². The molecule has 0 amide bonds. The monoisotopic (exact) mass is 855 g/mol. The molecule has 0 radical (unpaired) electrons. The van der Waals surface area contributed by atoms with Gasteiger partial charge in [0.1, 0.15) is 13.2 Å². The van der Waals surface area contributed by atoms with Gasteiger partial charge in [0.15, 0.2) is 6.10 Å². The van der Waals surface area contributed by atoms with Gasteiger partial charge < -0.3 is 14.2 Å². The first-order valence-electron chi connectivity index (χ1n) is 24.2. The Labute approximate surface area is 379 Å². The summed E-state index contributed by atoms with van der Waals surface area (Å²) in [6, 6.07) is 0. The van der Waals surface area contributed by atoms with Crippen molar-refractivity contribution in [2.24, 2.45) is 0 Å². The molecular weight excluding hydrogens is 769 g/mol. The summed E-state index contributed by atoms with van der Waals surface area (Å²) >= 11 is 0. The highest BCUT2D eigenvalue weighted by atomic mass is 16.6. The van der Waals surface area contributed by atoms with E-state index in [0.717, 1.165) is 103 Å². The zero-order valence-corrected chi connectivity index (χ0v) is 39.3.